The van der Waals surface area contributed by atoms with Gasteiger partial charge in [0.05, 0.1) is 6.10 Å². The highest BCUT2D eigenvalue weighted by atomic mass is 32.2. The summed E-state index contributed by atoms with van der Waals surface area (Å²) in [5, 5.41) is 10.9. The smallest absolute Gasteiger partial charge is 0.0561 e. The predicted molar refractivity (Wildman–Crippen MR) is 39.6 cm³/mol. The maximum Gasteiger partial charge on any atom is 0.0561 e. The minimum Gasteiger partial charge on any atom is -0.393 e. The molecule has 2 aliphatic rings. The van der Waals surface area contributed by atoms with Crippen molar-refractivity contribution in [2.24, 2.45) is 0 Å². The van der Waals surface area contributed by atoms with Gasteiger partial charge in [0, 0.05) is 10.5 Å². The molecule has 0 saturated carbocycles. The zero-order valence-corrected chi connectivity index (χ0v) is 6.23. The summed E-state index contributed by atoms with van der Waals surface area (Å²) in [6.07, 6.45) is 4.85. The van der Waals surface area contributed by atoms with Crippen molar-refractivity contribution in [2.45, 2.75) is 42.3 Å². The largest absolute Gasteiger partial charge is 0.393 e. The summed E-state index contributed by atoms with van der Waals surface area (Å²) in [7, 11) is 0. The number of thioether (sulfide) groups is 1. The molecule has 2 aliphatic heterocycles. The third-order valence-corrected chi connectivity index (χ3v) is 3.89. The number of aliphatic hydroxyl groups excluding tert-OH is 1. The molecular formula is C7H12OS. The van der Waals surface area contributed by atoms with Gasteiger partial charge in [0.15, 0.2) is 0 Å². The van der Waals surface area contributed by atoms with Crippen LogP contribution < -0.4 is 0 Å². The van der Waals surface area contributed by atoms with Crippen molar-refractivity contribution in [1.82, 2.24) is 0 Å². The first-order valence-corrected chi connectivity index (χ1v) is 4.62. The van der Waals surface area contributed by atoms with Gasteiger partial charge < -0.3 is 5.11 Å². The SMILES string of the molecule is OC1CC2CCC(C1)S2. The van der Waals surface area contributed by atoms with E-state index in [1.54, 1.807) is 0 Å². The normalized spacial score (nSPS) is 49.7. The fourth-order valence-corrected chi connectivity index (χ4v) is 3.59. The highest BCUT2D eigenvalue weighted by Crippen LogP contribution is 2.43. The van der Waals surface area contributed by atoms with Crippen LogP contribution in [0.1, 0.15) is 25.7 Å². The van der Waals surface area contributed by atoms with Crippen LogP contribution in [-0.2, 0) is 0 Å². The third kappa shape index (κ3) is 1.10. The highest BCUT2D eigenvalue weighted by Gasteiger charge is 2.33. The first-order valence-electron chi connectivity index (χ1n) is 3.68. The summed E-state index contributed by atoms with van der Waals surface area (Å²) in [6.45, 7) is 0. The Morgan fingerprint density at radius 2 is 1.67 bits per heavy atom. The molecule has 2 saturated heterocycles. The Morgan fingerprint density at radius 1 is 1.11 bits per heavy atom. The van der Waals surface area contributed by atoms with E-state index in [1.165, 1.54) is 12.8 Å². The van der Waals surface area contributed by atoms with Crippen LogP contribution in [0.3, 0.4) is 0 Å². The molecule has 9 heavy (non-hydrogen) atoms. The van der Waals surface area contributed by atoms with Gasteiger partial charge in [-0.15, -0.1) is 0 Å². The molecule has 0 amide bonds. The summed E-state index contributed by atoms with van der Waals surface area (Å²) in [4.78, 5) is 0. The Bertz CT molecular complexity index is 103. The topological polar surface area (TPSA) is 20.2 Å². The summed E-state index contributed by atoms with van der Waals surface area (Å²) >= 11 is 2.10. The van der Waals surface area contributed by atoms with Gasteiger partial charge in [-0.2, -0.15) is 11.8 Å². The molecule has 0 aromatic heterocycles. The van der Waals surface area contributed by atoms with Gasteiger partial charge in [0.2, 0.25) is 0 Å². The summed E-state index contributed by atoms with van der Waals surface area (Å²) in [6, 6.07) is 0. The molecule has 2 heteroatoms. The van der Waals surface area contributed by atoms with Crippen LogP contribution in [-0.4, -0.2) is 21.7 Å². The van der Waals surface area contributed by atoms with E-state index in [1.807, 2.05) is 0 Å². The van der Waals surface area contributed by atoms with Crippen molar-refractivity contribution in [3.8, 4) is 0 Å². The van der Waals surface area contributed by atoms with Crippen LogP contribution in [0.5, 0.6) is 0 Å². The van der Waals surface area contributed by atoms with Gasteiger partial charge in [-0.25, -0.2) is 0 Å². The molecule has 0 aromatic rings. The highest BCUT2D eigenvalue weighted by molar-refractivity contribution is 8.00. The summed E-state index contributed by atoms with van der Waals surface area (Å²) < 4.78 is 0. The standard InChI is InChI=1S/C7H12OS/c8-5-3-6-1-2-7(4-5)9-6/h5-8H,1-4H2. The Kier molecular flexibility index (Phi) is 1.46. The molecule has 0 spiro atoms. The second kappa shape index (κ2) is 2.17. The van der Waals surface area contributed by atoms with Crippen LogP contribution in [0, 0.1) is 0 Å². The van der Waals surface area contributed by atoms with E-state index < -0.39 is 0 Å². The number of aliphatic hydroxyl groups is 1. The molecule has 2 atom stereocenters. The molecule has 0 radical (unpaired) electrons. The molecule has 2 heterocycles. The average molecular weight is 144 g/mol. The van der Waals surface area contributed by atoms with Crippen LogP contribution in [0.4, 0.5) is 0 Å². The van der Waals surface area contributed by atoms with Gasteiger partial charge >= 0.3 is 0 Å². The lowest BCUT2D eigenvalue weighted by Crippen LogP contribution is -2.20. The van der Waals surface area contributed by atoms with E-state index in [2.05, 4.69) is 11.8 Å². The molecule has 2 unspecified atom stereocenters. The van der Waals surface area contributed by atoms with E-state index in [0.717, 1.165) is 23.3 Å². The maximum atomic E-state index is 9.28. The quantitative estimate of drug-likeness (QED) is 0.554. The Labute approximate surface area is 59.8 Å². The second-order valence-electron chi connectivity index (χ2n) is 3.08. The van der Waals surface area contributed by atoms with Crippen LogP contribution in [0.15, 0.2) is 0 Å². The first kappa shape index (κ1) is 6.05. The van der Waals surface area contributed by atoms with Gasteiger partial charge in [0.1, 0.15) is 0 Å². The zero-order chi connectivity index (χ0) is 6.27. The van der Waals surface area contributed by atoms with E-state index >= 15 is 0 Å². The molecule has 52 valence electrons. The number of rotatable bonds is 0. The van der Waals surface area contributed by atoms with Crippen LogP contribution in [0.25, 0.3) is 0 Å². The van der Waals surface area contributed by atoms with Crippen molar-refractivity contribution in [3.63, 3.8) is 0 Å². The Hall–Kier alpha value is 0.310. The second-order valence-corrected chi connectivity index (χ2v) is 4.69. The van der Waals surface area contributed by atoms with Gasteiger partial charge in [-0.1, -0.05) is 0 Å². The lowest BCUT2D eigenvalue weighted by Gasteiger charge is -2.22. The molecular weight excluding hydrogens is 132 g/mol. The van der Waals surface area contributed by atoms with Crippen LogP contribution >= 0.6 is 11.8 Å². The number of fused-ring (bicyclic) bond motifs is 2. The maximum absolute atomic E-state index is 9.28. The zero-order valence-electron chi connectivity index (χ0n) is 5.42. The molecule has 2 bridgehead atoms. The number of hydrogen-bond acceptors (Lipinski definition) is 2. The molecule has 2 rings (SSSR count). The van der Waals surface area contributed by atoms with E-state index in [-0.39, 0.29) is 6.10 Å². The summed E-state index contributed by atoms with van der Waals surface area (Å²) in [5.74, 6) is 0. The van der Waals surface area contributed by atoms with Crippen molar-refractivity contribution in [3.05, 3.63) is 0 Å². The van der Waals surface area contributed by atoms with E-state index in [4.69, 9.17) is 0 Å². The summed E-state index contributed by atoms with van der Waals surface area (Å²) in [5.41, 5.74) is 0. The number of hydrogen-bond donors (Lipinski definition) is 1. The van der Waals surface area contributed by atoms with E-state index in [9.17, 15) is 5.11 Å². The van der Waals surface area contributed by atoms with Crippen molar-refractivity contribution in [1.29, 1.82) is 0 Å². The Balaban J connectivity index is 2.03. The van der Waals surface area contributed by atoms with Crippen molar-refractivity contribution in [2.75, 3.05) is 0 Å². The van der Waals surface area contributed by atoms with Crippen molar-refractivity contribution < 1.29 is 5.11 Å². The minimum absolute atomic E-state index is 0.0312. The van der Waals surface area contributed by atoms with Crippen LogP contribution in [0.2, 0.25) is 0 Å². The lowest BCUT2D eigenvalue weighted by atomic mass is 10.1. The molecule has 2 fully saturated rings. The molecule has 1 nitrogen and oxygen atoms in total. The van der Waals surface area contributed by atoms with Gasteiger partial charge in [0.25, 0.3) is 0 Å². The van der Waals surface area contributed by atoms with Crippen molar-refractivity contribution >= 4 is 11.8 Å². The average Bonchev–Trinajstić information content (AvgIpc) is 2.11. The molecule has 1 N–H and O–H groups in total. The fraction of sp³-hybridized carbons (Fsp3) is 1.00. The first-order chi connectivity index (χ1) is 4.34. The Morgan fingerprint density at radius 3 is 2.22 bits per heavy atom. The molecule has 0 aliphatic carbocycles. The van der Waals surface area contributed by atoms with Gasteiger partial charge in [-0.3, -0.25) is 0 Å². The van der Waals surface area contributed by atoms with Gasteiger partial charge in [-0.05, 0) is 25.7 Å². The fourth-order valence-electron chi connectivity index (χ4n) is 1.83. The lowest BCUT2D eigenvalue weighted by molar-refractivity contribution is 0.156. The molecule has 0 aromatic carbocycles. The minimum atomic E-state index is 0.0312. The third-order valence-electron chi connectivity index (χ3n) is 2.27. The van der Waals surface area contributed by atoms with E-state index in [0.29, 0.717) is 0 Å². The monoisotopic (exact) mass is 144 g/mol. The predicted octanol–water partition coefficient (Wildman–Crippen LogP) is 1.41.